The second-order valence-electron chi connectivity index (χ2n) is 6.90. The van der Waals surface area contributed by atoms with Gasteiger partial charge in [0.2, 0.25) is 0 Å². The predicted molar refractivity (Wildman–Crippen MR) is 98.6 cm³/mol. The molecule has 2 aliphatic rings. The van der Waals surface area contributed by atoms with Gasteiger partial charge in [-0.25, -0.2) is 4.79 Å². The molecule has 0 N–H and O–H groups in total. The fraction of sp³-hybridized carbons (Fsp3) is 0.500. The summed E-state index contributed by atoms with van der Waals surface area (Å²) in [7, 11) is 0. The molecule has 4 rings (SSSR count). The summed E-state index contributed by atoms with van der Waals surface area (Å²) in [5.74, 6) is -0.242. The molecule has 0 radical (unpaired) electrons. The molecule has 2 aliphatic heterocycles. The van der Waals surface area contributed by atoms with Gasteiger partial charge in [0.05, 0.1) is 0 Å². The molecule has 1 amide bonds. The van der Waals surface area contributed by atoms with E-state index in [4.69, 9.17) is 4.42 Å². The molecular weight excluding hydrogens is 316 g/mol. The standard InChI is InChI=1S/C20H24N2O3/c1-3-21(4-2)19(23)16-12-14-11-13-7-5-9-22-10-6-8-15(17(13)22)18(14)25-20(16)24/h11-12H,3-10H2,1-2H3. The van der Waals surface area contributed by atoms with E-state index in [1.54, 1.807) is 11.0 Å². The van der Waals surface area contributed by atoms with Gasteiger partial charge in [-0.1, -0.05) is 0 Å². The Morgan fingerprint density at radius 2 is 1.88 bits per heavy atom. The van der Waals surface area contributed by atoms with Crippen molar-refractivity contribution in [2.45, 2.75) is 39.5 Å². The molecule has 25 heavy (non-hydrogen) atoms. The summed E-state index contributed by atoms with van der Waals surface area (Å²) in [6.45, 7) is 7.15. The lowest BCUT2D eigenvalue weighted by molar-refractivity contribution is 0.0769. The number of hydrogen-bond acceptors (Lipinski definition) is 4. The van der Waals surface area contributed by atoms with E-state index in [0.717, 1.165) is 49.7 Å². The van der Waals surface area contributed by atoms with Gasteiger partial charge in [0, 0.05) is 42.8 Å². The van der Waals surface area contributed by atoms with E-state index in [9.17, 15) is 9.59 Å². The summed E-state index contributed by atoms with van der Waals surface area (Å²) in [6, 6.07) is 3.86. The van der Waals surface area contributed by atoms with Gasteiger partial charge in [0.15, 0.2) is 0 Å². The fourth-order valence-corrected chi connectivity index (χ4v) is 4.28. The van der Waals surface area contributed by atoms with Gasteiger partial charge < -0.3 is 14.2 Å². The lowest BCUT2D eigenvalue weighted by Gasteiger charge is -2.37. The minimum atomic E-state index is -0.520. The van der Waals surface area contributed by atoms with Crippen LogP contribution in [0.3, 0.4) is 0 Å². The second-order valence-corrected chi connectivity index (χ2v) is 6.90. The lowest BCUT2D eigenvalue weighted by Crippen LogP contribution is -2.35. The van der Waals surface area contributed by atoms with E-state index >= 15 is 0 Å². The monoisotopic (exact) mass is 340 g/mol. The zero-order valence-electron chi connectivity index (χ0n) is 14.9. The Labute approximate surface area is 147 Å². The minimum Gasteiger partial charge on any atom is -0.422 e. The second kappa shape index (κ2) is 6.21. The van der Waals surface area contributed by atoms with E-state index < -0.39 is 5.63 Å². The number of aryl methyl sites for hydroxylation is 2. The van der Waals surface area contributed by atoms with Crippen LogP contribution in [-0.2, 0) is 12.8 Å². The van der Waals surface area contributed by atoms with Crippen LogP contribution >= 0.6 is 0 Å². The van der Waals surface area contributed by atoms with Gasteiger partial charge in [-0.05, 0) is 57.2 Å². The number of carbonyl (C=O) groups is 1. The Hall–Kier alpha value is -2.30. The first-order chi connectivity index (χ1) is 12.1. The first-order valence-electron chi connectivity index (χ1n) is 9.30. The van der Waals surface area contributed by atoms with Crippen LogP contribution in [0.25, 0.3) is 11.0 Å². The summed E-state index contributed by atoms with van der Waals surface area (Å²) >= 11 is 0. The quantitative estimate of drug-likeness (QED) is 0.806. The van der Waals surface area contributed by atoms with E-state index in [0.29, 0.717) is 18.7 Å². The highest BCUT2D eigenvalue weighted by molar-refractivity contribution is 5.98. The molecule has 5 nitrogen and oxygen atoms in total. The van der Waals surface area contributed by atoms with Crippen LogP contribution < -0.4 is 10.5 Å². The van der Waals surface area contributed by atoms with Gasteiger partial charge >= 0.3 is 5.63 Å². The summed E-state index contributed by atoms with van der Waals surface area (Å²) in [4.78, 5) is 29.2. The van der Waals surface area contributed by atoms with E-state index in [1.807, 2.05) is 13.8 Å². The van der Waals surface area contributed by atoms with Crippen LogP contribution in [0.15, 0.2) is 21.3 Å². The van der Waals surface area contributed by atoms with Crippen molar-refractivity contribution in [3.05, 3.63) is 39.2 Å². The van der Waals surface area contributed by atoms with Crippen LogP contribution in [0.2, 0.25) is 0 Å². The van der Waals surface area contributed by atoms with Crippen molar-refractivity contribution in [2.24, 2.45) is 0 Å². The highest BCUT2D eigenvalue weighted by Gasteiger charge is 2.28. The average molecular weight is 340 g/mol. The van der Waals surface area contributed by atoms with Crippen LogP contribution in [0.4, 0.5) is 5.69 Å². The van der Waals surface area contributed by atoms with Crippen LogP contribution in [-0.4, -0.2) is 37.0 Å². The van der Waals surface area contributed by atoms with Crippen LogP contribution in [0.5, 0.6) is 0 Å². The van der Waals surface area contributed by atoms with E-state index in [1.165, 1.54) is 11.3 Å². The SMILES string of the molecule is CCN(CC)C(=O)c1cc2cc3c4c(c2oc1=O)CCCN4CCC3. The topological polar surface area (TPSA) is 53.8 Å². The number of hydrogen-bond donors (Lipinski definition) is 0. The molecule has 0 fully saturated rings. The Kier molecular flexibility index (Phi) is 4.02. The molecule has 132 valence electrons. The molecule has 1 aromatic carbocycles. The number of carbonyl (C=O) groups excluding carboxylic acids is 1. The first kappa shape index (κ1) is 16.2. The highest BCUT2D eigenvalue weighted by Crippen LogP contribution is 2.39. The maximum atomic E-state index is 12.6. The number of nitrogens with zero attached hydrogens (tertiary/aromatic N) is 2. The number of rotatable bonds is 3. The molecular formula is C20H24N2O3. The summed E-state index contributed by atoms with van der Waals surface area (Å²) in [6.07, 6.45) is 4.21. The third kappa shape index (κ3) is 2.53. The van der Waals surface area contributed by atoms with Crippen molar-refractivity contribution < 1.29 is 9.21 Å². The van der Waals surface area contributed by atoms with Gasteiger partial charge in [-0.3, -0.25) is 4.79 Å². The maximum Gasteiger partial charge on any atom is 0.349 e. The normalized spacial score (nSPS) is 16.0. The number of amides is 1. The molecule has 2 aromatic rings. The largest absolute Gasteiger partial charge is 0.422 e. The molecule has 0 aliphatic carbocycles. The van der Waals surface area contributed by atoms with E-state index in [2.05, 4.69) is 11.0 Å². The molecule has 0 unspecified atom stereocenters. The summed E-state index contributed by atoms with van der Waals surface area (Å²) in [5.41, 5.74) is 4.05. The molecule has 5 heteroatoms. The smallest absolute Gasteiger partial charge is 0.349 e. The Balaban J connectivity index is 1.91. The third-order valence-corrected chi connectivity index (χ3v) is 5.50. The third-order valence-electron chi connectivity index (χ3n) is 5.50. The molecule has 0 saturated carbocycles. The van der Waals surface area contributed by atoms with Crippen molar-refractivity contribution in [1.82, 2.24) is 4.90 Å². The Morgan fingerprint density at radius 3 is 2.60 bits per heavy atom. The Morgan fingerprint density at radius 1 is 1.16 bits per heavy atom. The fourth-order valence-electron chi connectivity index (χ4n) is 4.28. The van der Waals surface area contributed by atoms with Crippen LogP contribution in [0, 0.1) is 0 Å². The van der Waals surface area contributed by atoms with Crippen molar-refractivity contribution in [2.75, 3.05) is 31.1 Å². The summed E-state index contributed by atoms with van der Waals surface area (Å²) < 4.78 is 5.69. The van der Waals surface area contributed by atoms with Crippen molar-refractivity contribution in [1.29, 1.82) is 0 Å². The maximum absolute atomic E-state index is 12.6. The molecule has 0 bridgehead atoms. The number of anilines is 1. The zero-order chi connectivity index (χ0) is 17.6. The minimum absolute atomic E-state index is 0.145. The van der Waals surface area contributed by atoms with E-state index in [-0.39, 0.29) is 11.5 Å². The zero-order valence-corrected chi connectivity index (χ0v) is 14.9. The van der Waals surface area contributed by atoms with Crippen LogP contribution in [0.1, 0.15) is 48.2 Å². The van der Waals surface area contributed by atoms with Gasteiger partial charge in [0.25, 0.3) is 5.91 Å². The number of benzene rings is 1. The molecule has 0 saturated heterocycles. The molecule has 0 spiro atoms. The van der Waals surface area contributed by atoms with Crippen molar-refractivity contribution in [3.63, 3.8) is 0 Å². The van der Waals surface area contributed by atoms with Gasteiger partial charge in [0.1, 0.15) is 11.1 Å². The van der Waals surface area contributed by atoms with Gasteiger partial charge in [-0.15, -0.1) is 0 Å². The van der Waals surface area contributed by atoms with Gasteiger partial charge in [-0.2, -0.15) is 0 Å². The molecule has 0 atom stereocenters. The average Bonchev–Trinajstić information content (AvgIpc) is 2.63. The Bertz CT molecular complexity index is 894. The number of fused-ring (bicyclic) bond motifs is 2. The van der Waals surface area contributed by atoms with Crippen molar-refractivity contribution >= 4 is 22.6 Å². The first-order valence-corrected chi connectivity index (χ1v) is 9.30. The highest BCUT2D eigenvalue weighted by atomic mass is 16.4. The summed E-state index contributed by atoms with van der Waals surface area (Å²) in [5, 5.41) is 0.882. The lowest BCUT2D eigenvalue weighted by atomic mass is 9.90. The molecule has 3 heterocycles. The van der Waals surface area contributed by atoms with Crippen molar-refractivity contribution in [3.8, 4) is 0 Å². The predicted octanol–water partition coefficient (Wildman–Crippen LogP) is 2.97. The molecule has 1 aromatic heterocycles.